The van der Waals surface area contributed by atoms with Gasteiger partial charge in [0.25, 0.3) is 0 Å². The third-order valence-electron chi connectivity index (χ3n) is 4.36. The molecule has 0 aliphatic heterocycles. The highest BCUT2D eigenvalue weighted by Crippen LogP contribution is 2.24. The number of aromatic nitrogens is 3. The van der Waals surface area contributed by atoms with Crippen molar-refractivity contribution in [3.05, 3.63) is 59.8 Å². The van der Waals surface area contributed by atoms with Crippen LogP contribution in [0, 0.1) is 6.92 Å². The Kier molecular flexibility index (Phi) is 4.10. The zero-order valence-electron chi connectivity index (χ0n) is 13.6. The fourth-order valence-electron chi connectivity index (χ4n) is 2.80. The first-order chi connectivity index (χ1) is 11.1. The van der Waals surface area contributed by atoms with Crippen LogP contribution in [0.5, 0.6) is 0 Å². The molecule has 0 fully saturated rings. The van der Waals surface area contributed by atoms with Crippen LogP contribution in [0.4, 0.5) is 0 Å². The number of nitrogens with one attached hydrogen (secondary N) is 1. The number of para-hydroxylation sites is 1. The zero-order chi connectivity index (χ0) is 16.4. The summed E-state index contributed by atoms with van der Waals surface area (Å²) >= 11 is 0. The zero-order valence-corrected chi connectivity index (χ0v) is 13.6. The van der Waals surface area contributed by atoms with Crippen LogP contribution in [-0.2, 0) is 11.2 Å². The van der Waals surface area contributed by atoms with Crippen LogP contribution in [0.1, 0.15) is 29.9 Å². The Hall–Kier alpha value is -2.69. The van der Waals surface area contributed by atoms with E-state index >= 15 is 0 Å². The summed E-state index contributed by atoms with van der Waals surface area (Å²) in [6.45, 7) is 3.98. The van der Waals surface area contributed by atoms with Gasteiger partial charge in [-0.15, -0.1) is 0 Å². The molecule has 5 nitrogen and oxygen atoms in total. The normalized spacial score (nSPS) is 12.3. The molecule has 0 spiro atoms. The van der Waals surface area contributed by atoms with Crippen molar-refractivity contribution < 1.29 is 4.79 Å². The number of carbonyl (C=O) groups excluding carboxylic acids is 1. The van der Waals surface area contributed by atoms with E-state index in [0.29, 0.717) is 6.42 Å². The van der Waals surface area contributed by atoms with Crippen LogP contribution in [-0.4, -0.2) is 32.8 Å². The van der Waals surface area contributed by atoms with Crippen LogP contribution in [0.15, 0.2) is 42.9 Å². The fourth-order valence-corrected chi connectivity index (χ4v) is 2.80. The standard InChI is InChI=1S/C18H20N4O/c1-12-15(14-6-4-5-7-17(14)21-12)10-18(23)22(3)13(2)16-8-9-19-11-20-16/h4-9,11,13,21H,10H2,1-3H3. The lowest BCUT2D eigenvalue weighted by Crippen LogP contribution is -2.31. The van der Waals surface area contributed by atoms with Gasteiger partial charge in [0.05, 0.1) is 18.2 Å². The molecule has 1 amide bonds. The molecule has 0 saturated carbocycles. The van der Waals surface area contributed by atoms with Gasteiger partial charge in [0.1, 0.15) is 6.33 Å². The highest BCUT2D eigenvalue weighted by molar-refractivity contribution is 5.90. The van der Waals surface area contributed by atoms with Crippen LogP contribution in [0.2, 0.25) is 0 Å². The minimum atomic E-state index is -0.0870. The van der Waals surface area contributed by atoms with Crippen molar-refractivity contribution in [2.24, 2.45) is 0 Å². The molecule has 0 aliphatic rings. The highest BCUT2D eigenvalue weighted by Gasteiger charge is 2.20. The van der Waals surface area contributed by atoms with Crippen LogP contribution in [0.3, 0.4) is 0 Å². The topological polar surface area (TPSA) is 61.9 Å². The monoisotopic (exact) mass is 308 g/mol. The van der Waals surface area contributed by atoms with Crippen molar-refractivity contribution in [2.45, 2.75) is 26.3 Å². The summed E-state index contributed by atoms with van der Waals surface area (Å²) in [6, 6.07) is 9.82. The number of H-pyrrole nitrogens is 1. The van der Waals surface area contributed by atoms with E-state index in [0.717, 1.165) is 27.9 Å². The summed E-state index contributed by atoms with van der Waals surface area (Å²) in [5.41, 5.74) is 4.01. The van der Waals surface area contributed by atoms with Crippen molar-refractivity contribution in [1.82, 2.24) is 19.9 Å². The van der Waals surface area contributed by atoms with E-state index in [1.165, 1.54) is 6.33 Å². The first-order valence-corrected chi connectivity index (χ1v) is 7.65. The third-order valence-corrected chi connectivity index (χ3v) is 4.36. The van der Waals surface area contributed by atoms with Gasteiger partial charge in [0.2, 0.25) is 5.91 Å². The van der Waals surface area contributed by atoms with Crippen LogP contribution in [0.25, 0.3) is 10.9 Å². The smallest absolute Gasteiger partial charge is 0.227 e. The molecule has 0 saturated heterocycles. The second kappa shape index (κ2) is 6.20. The van der Waals surface area contributed by atoms with Gasteiger partial charge in [-0.1, -0.05) is 18.2 Å². The number of likely N-dealkylation sites (N-methyl/N-ethyl adjacent to an activating group) is 1. The summed E-state index contributed by atoms with van der Waals surface area (Å²) in [6.07, 6.45) is 3.58. The average Bonchev–Trinajstić information content (AvgIpc) is 2.90. The molecule has 3 rings (SSSR count). The Morgan fingerprint density at radius 2 is 2.09 bits per heavy atom. The lowest BCUT2D eigenvalue weighted by atomic mass is 10.1. The van der Waals surface area contributed by atoms with Gasteiger partial charge >= 0.3 is 0 Å². The van der Waals surface area contributed by atoms with Crippen molar-refractivity contribution in [3.63, 3.8) is 0 Å². The van der Waals surface area contributed by atoms with E-state index in [4.69, 9.17) is 0 Å². The molecule has 1 unspecified atom stereocenters. The number of fused-ring (bicyclic) bond motifs is 1. The number of hydrogen-bond donors (Lipinski definition) is 1. The number of amides is 1. The molecule has 0 aliphatic carbocycles. The van der Waals surface area contributed by atoms with E-state index in [1.807, 2.05) is 45.2 Å². The van der Waals surface area contributed by atoms with Crippen molar-refractivity contribution in [3.8, 4) is 0 Å². The molecule has 0 bridgehead atoms. The Bertz CT molecular complexity index is 825. The predicted molar refractivity (Wildman–Crippen MR) is 90.0 cm³/mol. The van der Waals surface area contributed by atoms with Gasteiger partial charge in [-0.3, -0.25) is 4.79 Å². The van der Waals surface area contributed by atoms with E-state index in [2.05, 4.69) is 21.0 Å². The van der Waals surface area contributed by atoms with Crippen molar-refractivity contribution >= 4 is 16.8 Å². The molecule has 2 heterocycles. The Balaban J connectivity index is 1.82. The van der Waals surface area contributed by atoms with Crippen molar-refractivity contribution in [1.29, 1.82) is 0 Å². The molecule has 1 N–H and O–H groups in total. The molecular weight excluding hydrogens is 288 g/mol. The average molecular weight is 308 g/mol. The first-order valence-electron chi connectivity index (χ1n) is 7.65. The number of rotatable bonds is 4. The molecule has 3 aromatic rings. The maximum atomic E-state index is 12.7. The second-order valence-corrected chi connectivity index (χ2v) is 5.77. The summed E-state index contributed by atoms with van der Waals surface area (Å²) in [4.78, 5) is 25.9. The number of hydrogen-bond acceptors (Lipinski definition) is 3. The van der Waals surface area contributed by atoms with Gasteiger partial charge in [0.15, 0.2) is 0 Å². The molecule has 118 valence electrons. The highest BCUT2D eigenvalue weighted by atomic mass is 16.2. The minimum absolute atomic E-state index is 0.0731. The maximum absolute atomic E-state index is 12.7. The Morgan fingerprint density at radius 3 is 2.83 bits per heavy atom. The molecule has 1 atom stereocenters. The van der Waals surface area contributed by atoms with Gasteiger partial charge in [-0.2, -0.15) is 0 Å². The molecule has 1 aromatic carbocycles. The molecular formula is C18H20N4O. The summed E-state index contributed by atoms with van der Waals surface area (Å²) in [5, 5.41) is 1.11. The lowest BCUT2D eigenvalue weighted by Gasteiger charge is -2.24. The largest absolute Gasteiger partial charge is 0.358 e. The first kappa shape index (κ1) is 15.2. The van der Waals surface area contributed by atoms with E-state index in [1.54, 1.807) is 11.1 Å². The number of aryl methyl sites for hydroxylation is 1. The number of nitrogens with zero attached hydrogens (tertiary/aromatic N) is 3. The molecule has 2 aromatic heterocycles. The summed E-state index contributed by atoms with van der Waals surface area (Å²) in [7, 11) is 1.82. The predicted octanol–water partition coefficient (Wildman–Crippen LogP) is 3.03. The van der Waals surface area contributed by atoms with E-state index < -0.39 is 0 Å². The molecule has 5 heteroatoms. The third kappa shape index (κ3) is 2.95. The fraction of sp³-hybridized carbons (Fsp3) is 0.278. The number of benzene rings is 1. The number of aromatic amines is 1. The number of carbonyl (C=O) groups is 1. The SMILES string of the molecule is Cc1[nH]c2ccccc2c1CC(=O)N(C)C(C)c1ccncn1. The van der Waals surface area contributed by atoms with Gasteiger partial charge < -0.3 is 9.88 Å². The lowest BCUT2D eigenvalue weighted by molar-refractivity contribution is -0.131. The van der Waals surface area contributed by atoms with Crippen molar-refractivity contribution in [2.75, 3.05) is 7.05 Å². The van der Waals surface area contributed by atoms with Gasteiger partial charge in [-0.05, 0) is 31.5 Å². The summed E-state index contributed by atoms with van der Waals surface area (Å²) < 4.78 is 0. The van der Waals surface area contributed by atoms with E-state index in [-0.39, 0.29) is 11.9 Å². The van der Waals surface area contributed by atoms with Gasteiger partial charge in [-0.25, -0.2) is 9.97 Å². The van der Waals surface area contributed by atoms with E-state index in [9.17, 15) is 4.79 Å². The molecule has 0 radical (unpaired) electrons. The van der Waals surface area contributed by atoms with Crippen LogP contribution < -0.4 is 0 Å². The maximum Gasteiger partial charge on any atom is 0.227 e. The minimum Gasteiger partial charge on any atom is -0.358 e. The van der Waals surface area contributed by atoms with Crippen LogP contribution >= 0.6 is 0 Å². The quantitative estimate of drug-likeness (QED) is 0.806. The summed E-state index contributed by atoms with van der Waals surface area (Å²) in [5.74, 6) is 0.0731. The van der Waals surface area contributed by atoms with Gasteiger partial charge in [0, 0.05) is 29.8 Å². The Morgan fingerprint density at radius 1 is 1.30 bits per heavy atom. The molecule has 23 heavy (non-hydrogen) atoms. The second-order valence-electron chi connectivity index (χ2n) is 5.77. The Labute approximate surface area is 135 Å².